The van der Waals surface area contributed by atoms with Crippen LogP contribution in [0.2, 0.25) is 0 Å². The topological polar surface area (TPSA) is 15.3 Å². The van der Waals surface area contributed by atoms with Gasteiger partial charge in [0, 0.05) is 30.7 Å². The Kier molecular flexibility index (Phi) is 4.57. The molecule has 19 heavy (non-hydrogen) atoms. The lowest BCUT2D eigenvalue weighted by molar-refractivity contribution is 0.419. The summed E-state index contributed by atoms with van der Waals surface area (Å²) in [7, 11) is 2.16. The van der Waals surface area contributed by atoms with Crippen molar-refractivity contribution >= 4 is 21.6 Å². The number of hydrogen-bond acceptors (Lipinski definition) is 2. The van der Waals surface area contributed by atoms with Crippen LogP contribution in [0.4, 0.5) is 5.69 Å². The summed E-state index contributed by atoms with van der Waals surface area (Å²) >= 11 is 3.71. The first kappa shape index (κ1) is 14.9. The average Bonchev–Trinajstić information content (AvgIpc) is 3.07. The molecule has 1 fully saturated rings. The Labute approximate surface area is 125 Å². The Morgan fingerprint density at radius 2 is 2.00 bits per heavy atom. The van der Waals surface area contributed by atoms with Gasteiger partial charge in [-0.15, -0.1) is 0 Å². The lowest BCUT2D eigenvalue weighted by Gasteiger charge is -2.29. The van der Waals surface area contributed by atoms with Gasteiger partial charge in [-0.3, -0.25) is 0 Å². The molecular weight excluding hydrogens is 300 g/mol. The first-order valence-corrected chi connectivity index (χ1v) is 7.87. The lowest BCUT2D eigenvalue weighted by atomic mass is 9.96. The maximum atomic E-state index is 3.71. The van der Waals surface area contributed by atoms with Crippen molar-refractivity contribution in [3.63, 3.8) is 0 Å². The molecular formula is C16H25BrN2. The highest BCUT2D eigenvalue weighted by atomic mass is 79.9. The summed E-state index contributed by atoms with van der Waals surface area (Å²) in [5, 5.41) is 3.55. The second-order valence-electron chi connectivity index (χ2n) is 6.86. The third-order valence-electron chi connectivity index (χ3n) is 3.31. The van der Waals surface area contributed by atoms with Crippen LogP contribution >= 0.6 is 15.9 Å². The molecule has 0 bridgehead atoms. The normalized spacial score (nSPS) is 15.6. The van der Waals surface area contributed by atoms with Gasteiger partial charge in [0.05, 0.1) is 5.69 Å². The highest BCUT2D eigenvalue weighted by Gasteiger charge is 2.20. The summed E-state index contributed by atoms with van der Waals surface area (Å²) < 4.78 is 1.19. The van der Waals surface area contributed by atoms with Crippen LogP contribution in [-0.2, 0) is 6.54 Å². The molecule has 1 aromatic rings. The van der Waals surface area contributed by atoms with Crippen molar-refractivity contribution in [3.05, 3.63) is 28.2 Å². The molecule has 0 atom stereocenters. The van der Waals surface area contributed by atoms with E-state index >= 15 is 0 Å². The fraction of sp³-hybridized carbons (Fsp3) is 0.625. The molecule has 106 valence electrons. The second kappa shape index (κ2) is 5.84. The number of benzene rings is 1. The van der Waals surface area contributed by atoms with Gasteiger partial charge < -0.3 is 10.2 Å². The summed E-state index contributed by atoms with van der Waals surface area (Å²) in [5.74, 6) is 0. The van der Waals surface area contributed by atoms with Gasteiger partial charge in [0.25, 0.3) is 0 Å². The minimum atomic E-state index is 0.306. The summed E-state index contributed by atoms with van der Waals surface area (Å²) in [5.41, 5.74) is 2.93. The molecule has 0 saturated heterocycles. The van der Waals surface area contributed by atoms with Crippen LogP contribution in [0.5, 0.6) is 0 Å². The van der Waals surface area contributed by atoms with Gasteiger partial charge in [-0.2, -0.15) is 0 Å². The minimum Gasteiger partial charge on any atom is -0.373 e. The van der Waals surface area contributed by atoms with E-state index in [9.17, 15) is 0 Å². The number of anilines is 1. The first-order chi connectivity index (χ1) is 8.85. The van der Waals surface area contributed by atoms with Crippen molar-refractivity contribution in [2.75, 3.05) is 18.5 Å². The lowest BCUT2D eigenvalue weighted by Crippen LogP contribution is -2.29. The minimum absolute atomic E-state index is 0.306. The van der Waals surface area contributed by atoms with Crippen molar-refractivity contribution in [1.29, 1.82) is 0 Å². The highest BCUT2D eigenvalue weighted by molar-refractivity contribution is 9.10. The Balaban J connectivity index is 2.00. The molecule has 3 heteroatoms. The van der Waals surface area contributed by atoms with Gasteiger partial charge in [0.15, 0.2) is 0 Å². The van der Waals surface area contributed by atoms with Gasteiger partial charge in [-0.25, -0.2) is 0 Å². The molecule has 1 N–H and O–H groups in total. The Hall–Kier alpha value is -0.540. The number of nitrogens with one attached hydrogen (secondary N) is 1. The number of nitrogens with zero attached hydrogens (tertiary/aromatic N) is 1. The van der Waals surface area contributed by atoms with E-state index in [0.717, 1.165) is 19.1 Å². The van der Waals surface area contributed by atoms with Crippen LogP contribution in [0.3, 0.4) is 0 Å². The van der Waals surface area contributed by atoms with E-state index in [0.29, 0.717) is 5.41 Å². The molecule has 0 aromatic heterocycles. The third-order valence-corrected chi connectivity index (χ3v) is 3.94. The molecule has 0 radical (unpaired) electrons. The fourth-order valence-corrected chi connectivity index (χ4v) is 3.05. The van der Waals surface area contributed by atoms with E-state index in [2.05, 4.69) is 72.2 Å². The zero-order valence-electron chi connectivity index (χ0n) is 12.5. The maximum Gasteiger partial charge on any atom is 0.0508 e. The fourth-order valence-electron chi connectivity index (χ4n) is 2.32. The Morgan fingerprint density at radius 3 is 2.53 bits per heavy atom. The molecule has 0 spiro atoms. The Morgan fingerprint density at radius 1 is 1.32 bits per heavy atom. The molecule has 0 aliphatic heterocycles. The second-order valence-corrected chi connectivity index (χ2v) is 7.71. The molecule has 2 nitrogen and oxygen atoms in total. The van der Waals surface area contributed by atoms with Crippen LogP contribution in [0.15, 0.2) is 22.7 Å². The van der Waals surface area contributed by atoms with E-state index in [1.54, 1.807) is 0 Å². The first-order valence-electron chi connectivity index (χ1n) is 7.08. The van der Waals surface area contributed by atoms with Crippen LogP contribution in [-0.4, -0.2) is 19.6 Å². The van der Waals surface area contributed by atoms with Gasteiger partial charge in [0.2, 0.25) is 0 Å². The number of halogens is 1. The molecule has 1 saturated carbocycles. The largest absolute Gasteiger partial charge is 0.373 e. The van der Waals surface area contributed by atoms with Crippen LogP contribution < -0.4 is 10.2 Å². The third kappa shape index (κ3) is 4.81. The summed E-state index contributed by atoms with van der Waals surface area (Å²) in [6, 6.07) is 7.46. The molecule has 1 aromatic carbocycles. The summed E-state index contributed by atoms with van der Waals surface area (Å²) in [6.07, 6.45) is 2.68. The molecule has 0 heterocycles. The van der Waals surface area contributed by atoms with E-state index in [1.165, 1.54) is 28.6 Å². The number of hydrogen-bond donors (Lipinski definition) is 1. The van der Waals surface area contributed by atoms with E-state index in [4.69, 9.17) is 0 Å². The van der Waals surface area contributed by atoms with Gasteiger partial charge in [-0.1, -0.05) is 26.8 Å². The quantitative estimate of drug-likeness (QED) is 0.873. The average molecular weight is 325 g/mol. The summed E-state index contributed by atoms with van der Waals surface area (Å²) in [4.78, 5) is 2.32. The van der Waals surface area contributed by atoms with Gasteiger partial charge in [-0.05, 0) is 51.9 Å². The smallest absolute Gasteiger partial charge is 0.0508 e. The number of rotatable bonds is 5. The SMILES string of the molecule is CN(CC(C)(C)C)c1ccc(CNC2CC2)cc1Br. The standard InChI is InChI=1S/C16H25BrN2/c1-16(2,3)11-19(4)15-8-5-12(9-14(15)17)10-18-13-6-7-13/h5,8-9,13,18H,6-7,10-11H2,1-4H3. The van der Waals surface area contributed by atoms with Crippen LogP contribution in [0.25, 0.3) is 0 Å². The van der Waals surface area contributed by atoms with Crippen molar-refractivity contribution in [2.45, 2.75) is 46.2 Å². The molecule has 2 rings (SSSR count). The summed E-state index contributed by atoms with van der Waals surface area (Å²) in [6.45, 7) is 8.83. The predicted molar refractivity (Wildman–Crippen MR) is 86.7 cm³/mol. The molecule has 1 aliphatic rings. The van der Waals surface area contributed by atoms with Crippen LogP contribution in [0, 0.1) is 5.41 Å². The zero-order valence-corrected chi connectivity index (χ0v) is 14.0. The Bertz CT molecular complexity index is 433. The predicted octanol–water partition coefficient (Wildman–Crippen LogP) is 4.18. The monoisotopic (exact) mass is 324 g/mol. The van der Waals surface area contributed by atoms with Crippen LogP contribution in [0.1, 0.15) is 39.2 Å². The molecule has 0 amide bonds. The highest BCUT2D eigenvalue weighted by Crippen LogP contribution is 2.29. The van der Waals surface area contributed by atoms with Crippen molar-refractivity contribution in [1.82, 2.24) is 5.32 Å². The zero-order chi connectivity index (χ0) is 14.0. The maximum absolute atomic E-state index is 3.71. The van der Waals surface area contributed by atoms with Crippen molar-refractivity contribution in [2.24, 2.45) is 5.41 Å². The van der Waals surface area contributed by atoms with E-state index in [1.807, 2.05) is 0 Å². The molecule has 0 unspecified atom stereocenters. The van der Waals surface area contributed by atoms with Crippen molar-refractivity contribution < 1.29 is 0 Å². The molecule has 1 aliphatic carbocycles. The van der Waals surface area contributed by atoms with Crippen molar-refractivity contribution in [3.8, 4) is 0 Å². The van der Waals surface area contributed by atoms with Gasteiger partial charge >= 0.3 is 0 Å². The van der Waals surface area contributed by atoms with E-state index < -0.39 is 0 Å². The van der Waals surface area contributed by atoms with Gasteiger partial charge in [0.1, 0.15) is 0 Å². The van der Waals surface area contributed by atoms with E-state index in [-0.39, 0.29) is 0 Å².